The summed E-state index contributed by atoms with van der Waals surface area (Å²) in [4.78, 5) is 0. The van der Waals surface area contributed by atoms with Crippen LogP contribution in [0.5, 0.6) is 0 Å². The Morgan fingerprint density at radius 2 is 1.65 bits per heavy atom. The third-order valence-corrected chi connectivity index (χ3v) is 3.79. The smallest absolute Gasteiger partial charge is 0.0323 e. The topological polar surface area (TPSA) is 26.0 Å². The van der Waals surface area contributed by atoms with Crippen LogP contribution < -0.4 is 5.73 Å². The Morgan fingerprint density at radius 1 is 0.941 bits per heavy atom. The zero-order chi connectivity index (χ0) is 12.6. The molecule has 2 N–H and O–H groups in total. The second-order valence-electron chi connectivity index (χ2n) is 4.49. The fraction of sp³-hybridized carbons (Fsp3) is 0.200. The quantitative estimate of drug-likeness (QED) is 0.762. The van der Waals surface area contributed by atoms with Gasteiger partial charge < -0.3 is 5.73 Å². The van der Waals surface area contributed by atoms with Crippen LogP contribution in [0.2, 0.25) is 0 Å². The summed E-state index contributed by atoms with van der Waals surface area (Å²) in [5, 5.41) is 0. The predicted molar refractivity (Wildman–Crippen MR) is 78.2 cm³/mol. The third-order valence-electron chi connectivity index (χ3n) is 3.10. The molecule has 0 saturated heterocycles. The van der Waals surface area contributed by atoms with Crippen molar-refractivity contribution in [3.63, 3.8) is 0 Å². The Morgan fingerprint density at radius 3 is 2.35 bits per heavy atom. The molecule has 17 heavy (non-hydrogen) atoms. The molecule has 0 bridgehead atoms. The van der Waals surface area contributed by atoms with Gasteiger partial charge in [0.2, 0.25) is 0 Å². The average molecular weight is 290 g/mol. The van der Waals surface area contributed by atoms with Crippen molar-refractivity contribution in [1.82, 2.24) is 0 Å². The van der Waals surface area contributed by atoms with Crippen molar-refractivity contribution in [3.05, 3.63) is 51.5 Å². The number of halogens is 1. The van der Waals surface area contributed by atoms with Gasteiger partial charge in [-0.25, -0.2) is 0 Å². The van der Waals surface area contributed by atoms with Crippen molar-refractivity contribution in [3.8, 4) is 11.1 Å². The molecule has 0 aromatic heterocycles. The number of nitrogen functional groups attached to an aromatic ring is 1. The van der Waals surface area contributed by atoms with Gasteiger partial charge in [-0.1, -0.05) is 33.6 Å². The van der Waals surface area contributed by atoms with Crippen LogP contribution >= 0.6 is 15.9 Å². The molecule has 0 unspecified atom stereocenters. The summed E-state index contributed by atoms with van der Waals surface area (Å²) >= 11 is 3.61. The SMILES string of the molecule is Cc1ccc(Br)c(-c2cc(N)cc(C)c2C)c1. The van der Waals surface area contributed by atoms with Gasteiger partial charge in [-0.3, -0.25) is 0 Å². The highest BCUT2D eigenvalue weighted by Crippen LogP contribution is 2.34. The normalized spacial score (nSPS) is 10.6. The van der Waals surface area contributed by atoms with Crippen molar-refractivity contribution >= 4 is 21.6 Å². The van der Waals surface area contributed by atoms with E-state index in [0.717, 1.165) is 10.2 Å². The monoisotopic (exact) mass is 289 g/mol. The molecule has 0 aliphatic rings. The highest BCUT2D eigenvalue weighted by atomic mass is 79.9. The van der Waals surface area contributed by atoms with E-state index in [1.54, 1.807) is 0 Å². The minimum atomic E-state index is 0.816. The Labute approximate surface area is 111 Å². The first-order valence-corrected chi connectivity index (χ1v) is 6.41. The molecule has 2 heteroatoms. The van der Waals surface area contributed by atoms with Gasteiger partial charge in [0, 0.05) is 10.2 Å². The summed E-state index contributed by atoms with van der Waals surface area (Å²) in [6.45, 7) is 6.34. The van der Waals surface area contributed by atoms with Crippen molar-refractivity contribution < 1.29 is 0 Å². The van der Waals surface area contributed by atoms with Gasteiger partial charge in [0.05, 0.1) is 0 Å². The van der Waals surface area contributed by atoms with Crippen LogP contribution in [-0.2, 0) is 0 Å². The molecular formula is C15H16BrN. The molecule has 0 fully saturated rings. The molecule has 0 aliphatic heterocycles. The average Bonchev–Trinajstić information content (AvgIpc) is 2.27. The summed E-state index contributed by atoms with van der Waals surface area (Å²) < 4.78 is 1.11. The molecule has 0 aliphatic carbocycles. The van der Waals surface area contributed by atoms with Gasteiger partial charge in [-0.05, 0) is 61.2 Å². The molecule has 88 valence electrons. The predicted octanol–water partition coefficient (Wildman–Crippen LogP) is 4.62. The summed E-state index contributed by atoms with van der Waals surface area (Å²) in [7, 11) is 0. The van der Waals surface area contributed by atoms with E-state index in [1.807, 2.05) is 12.1 Å². The van der Waals surface area contributed by atoms with Gasteiger partial charge in [0.1, 0.15) is 0 Å². The lowest BCUT2D eigenvalue weighted by molar-refractivity contribution is 1.33. The Bertz CT molecular complexity index is 573. The van der Waals surface area contributed by atoms with Gasteiger partial charge in [-0.2, -0.15) is 0 Å². The summed E-state index contributed by atoms with van der Waals surface area (Å²) in [6.07, 6.45) is 0. The minimum absolute atomic E-state index is 0.816. The van der Waals surface area contributed by atoms with E-state index in [4.69, 9.17) is 5.73 Å². The number of anilines is 1. The van der Waals surface area contributed by atoms with Gasteiger partial charge in [-0.15, -0.1) is 0 Å². The molecule has 2 aromatic rings. The van der Waals surface area contributed by atoms with E-state index < -0.39 is 0 Å². The zero-order valence-corrected chi connectivity index (χ0v) is 11.9. The van der Waals surface area contributed by atoms with Crippen molar-refractivity contribution in [1.29, 1.82) is 0 Å². The summed E-state index contributed by atoms with van der Waals surface area (Å²) in [5.41, 5.74) is 12.9. The van der Waals surface area contributed by atoms with Crippen molar-refractivity contribution in [2.45, 2.75) is 20.8 Å². The molecule has 2 rings (SSSR count). The fourth-order valence-corrected chi connectivity index (χ4v) is 2.47. The minimum Gasteiger partial charge on any atom is -0.399 e. The van der Waals surface area contributed by atoms with Gasteiger partial charge in [0.15, 0.2) is 0 Å². The van der Waals surface area contributed by atoms with Crippen LogP contribution in [0.4, 0.5) is 5.69 Å². The molecule has 2 aromatic carbocycles. The summed E-state index contributed by atoms with van der Waals surface area (Å²) in [6, 6.07) is 10.4. The van der Waals surface area contributed by atoms with Crippen molar-refractivity contribution in [2.75, 3.05) is 5.73 Å². The molecule has 0 heterocycles. The largest absolute Gasteiger partial charge is 0.399 e. The second-order valence-corrected chi connectivity index (χ2v) is 5.35. The molecule has 0 atom stereocenters. The van der Waals surface area contributed by atoms with E-state index in [9.17, 15) is 0 Å². The maximum Gasteiger partial charge on any atom is 0.0323 e. The number of benzene rings is 2. The lowest BCUT2D eigenvalue weighted by atomic mass is 9.95. The Balaban J connectivity index is 2.72. The van der Waals surface area contributed by atoms with Gasteiger partial charge in [0.25, 0.3) is 0 Å². The van der Waals surface area contributed by atoms with Crippen molar-refractivity contribution in [2.24, 2.45) is 0 Å². The first-order valence-electron chi connectivity index (χ1n) is 5.62. The number of aryl methyl sites for hydroxylation is 2. The lowest BCUT2D eigenvalue weighted by Gasteiger charge is -2.13. The molecule has 1 nitrogen and oxygen atoms in total. The number of rotatable bonds is 1. The molecule has 0 saturated carbocycles. The van der Waals surface area contributed by atoms with Crippen LogP contribution in [0.15, 0.2) is 34.8 Å². The van der Waals surface area contributed by atoms with Gasteiger partial charge >= 0.3 is 0 Å². The Kier molecular flexibility index (Phi) is 3.25. The first-order chi connectivity index (χ1) is 7.99. The summed E-state index contributed by atoms with van der Waals surface area (Å²) in [5.74, 6) is 0. The third kappa shape index (κ3) is 2.37. The van der Waals surface area contributed by atoms with Crippen LogP contribution in [-0.4, -0.2) is 0 Å². The molecular weight excluding hydrogens is 274 g/mol. The number of hydrogen-bond acceptors (Lipinski definition) is 1. The van der Waals surface area contributed by atoms with E-state index >= 15 is 0 Å². The standard InChI is InChI=1S/C15H16BrN/c1-9-4-5-15(16)14(6-9)13-8-12(17)7-10(2)11(13)3/h4-8H,17H2,1-3H3. The zero-order valence-electron chi connectivity index (χ0n) is 10.3. The van der Waals surface area contributed by atoms with E-state index in [1.165, 1.54) is 27.8 Å². The second kappa shape index (κ2) is 4.53. The number of nitrogens with two attached hydrogens (primary N) is 1. The Hall–Kier alpha value is -1.28. The van der Waals surface area contributed by atoms with E-state index in [0.29, 0.717) is 0 Å². The maximum absolute atomic E-state index is 5.94. The fourth-order valence-electron chi connectivity index (χ4n) is 2.01. The van der Waals surface area contributed by atoms with Crippen LogP contribution in [0.3, 0.4) is 0 Å². The lowest BCUT2D eigenvalue weighted by Crippen LogP contribution is -1.93. The van der Waals surface area contributed by atoms with E-state index in [-0.39, 0.29) is 0 Å². The molecule has 0 amide bonds. The highest BCUT2D eigenvalue weighted by molar-refractivity contribution is 9.10. The van der Waals surface area contributed by atoms with Crippen LogP contribution in [0.1, 0.15) is 16.7 Å². The van der Waals surface area contributed by atoms with Crippen LogP contribution in [0, 0.1) is 20.8 Å². The molecule has 0 spiro atoms. The highest BCUT2D eigenvalue weighted by Gasteiger charge is 2.09. The maximum atomic E-state index is 5.94. The van der Waals surface area contributed by atoms with Crippen LogP contribution in [0.25, 0.3) is 11.1 Å². The first kappa shape index (κ1) is 12.2. The molecule has 0 radical (unpaired) electrons. The van der Waals surface area contributed by atoms with E-state index in [2.05, 4.69) is 54.9 Å². The number of hydrogen-bond donors (Lipinski definition) is 1.